The minimum absolute atomic E-state index is 0.0937. The first-order chi connectivity index (χ1) is 11.3. The smallest absolute Gasteiger partial charge is 0.262 e. The van der Waals surface area contributed by atoms with Gasteiger partial charge < -0.3 is 4.79 Å². The van der Waals surface area contributed by atoms with Crippen LogP contribution in [0.1, 0.15) is 60.7 Å². The summed E-state index contributed by atoms with van der Waals surface area (Å²) in [5, 5.41) is 0.377. The van der Waals surface area contributed by atoms with Gasteiger partial charge in [-0.2, -0.15) is 0 Å². The molecule has 0 saturated carbocycles. The van der Waals surface area contributed by atoms with Gasteiger partial charge in [0.2, 0.25) is 0 Å². The van der Waals surface area contributed by atoms with Crippen LogP contribution in [0.5, 0.6) is 0 Å². The number of nitrogens with zero attached hydrogens (tertiary/aromatic N) is 1. The first-order valence-electron chi connectivity index (χ1n) is 7.66. The lowest BCUT2D eigenvalue weighted by Crippen LogP contribution is -2.38. The molecule has 1 heterocycles. The summed E-state index contributed by atoms with van der Waals surface area (Å²) in [7, 11) is 2.28. The van der Waals surface area contributed by atoms with Crippen molar-refractivity contribution in [2.24, 2.45) is 0 Å². The molecule has 130 valence electrons. The van der Waals surface area contributed by atoms with E-state index in [1.54, 1.807) is 13.8 Å². The average molecular weight is 353 g/mol. The molecule has 1 aromatic carbocycles. The van der Waals surface area contributed by atoms with Crippen molar-refractivity contribution in [2.75, 3.05) is 0 Å². The van der Waals surface area contributed by atoms with Crippen molar-refractivity contribution in [1.29, 1.82) is 0 Å². The highest BCUT2D eigenvalue weighted by atomic mass is 31.0. The largest absolute Gasteiger partial charge is 0.304 e. The fraction of sp³-hybridized carbons (Fsp3) is 0.412. The number of halogens is 1. The van der Waals surface area contributed by atoms with E-state index in [1.807, 2.05) is 0 Å². The number of rotatable bonds is 5. The Morgan fingerprint density at radius 2 is 1.92 bits per heavy atom. The molecule has 7 heteroatoms. The number of fused-ring (bicyclic) bond motifs is 1. The SMILES string of the molecule is CC=O.CCC(=O)CCC(C)N1C(=O)c2cc(F)cc(P)c2C1=O. The summed E-state index contributed by atoms with van der Waals surface area (Å²) in [5.41, 5.74) is 0.332. The van der Waals surface area contributed by atoms with Crippen molar-refractivity contribution in [3.05, 3.63) is 29.1 Å². The van der Waals surface area contributed by atoms with E-state index in [0.29, 0.717) is 24.6 Å². The standard InChI is InChI=1S/C15H17FNO3P.C2H4O/c1-3-10(18)5-4-8(2)17-14(19)11-6-9(16)7-12(21)13(11)15(17)20;1-2-3/h6-8H,3-5,21H2,1-2H3;2H,1H3. The molecule has 1 aliphatic heterocycles. The van der Waals surface area contributed by atoms with Crippen LogP contribution in [0, 0.1) is 5.82 Å². The second kappa shape index (κ2) is 8.78. The zero-order valence-electron chi connectivity index (χ0n) is 14.0. The molecule has 0 aliphatic carbocycles. The van der Waals surface area contributed by atoms with Gasteiger partial charge in [-0.15, -0.1) is 9.24 Å². The molecule has 24 heavy (non-hydrogen) atoms. The van der Waals surface area contributed by atoms with Crippen LogP contribution in [0.15, 0.2) is 12.1 Å². The third kappa shape index (κ3) is 4.32. The summed E-state index contributed by atoms with van der Waals surface area (Å²) in [6.07, 6.45) is 1.94. The highest BCUT2D eigenvalue weighted by Gasteiger charge is 2.39. The summed E-state index contributed by atoms with van der Waals surface area (Å²) in [4.78, 5) is 46.0. The van der Waals surface area contributed by atoms with Crippen LogP contribution in [-0.4, -0.2) is 34.8 Å². The molecule has 1 aromatic rings. The third-order valence-electron chi connectivity index (χ3n) is 3.69. The Morgan fingerprint density at radius 1 is 1.33 bits per heavy atom. The number of carbonyl (C=O) groups is 4. The van der Waals surface area contributed by atoms with Crippen LogP contribution in [0.2, 0.25) is 0 Å². The van der Waals surface area contributed by atoms with E-state index < -0.39 is 17.6 Å². The Morgan fingerprint density at radius 3 is 2.46 bits per heavy atom. The van der Waals surface area contributed by atoms with Crippen LogP contribution in [-0.2, 0) is 9.59 Å². The predicted octanol–water partition coefficient (Wildman–Crippen LogP) is 2.28. The highest BCUT2D eigenvalue weighted by molar-refractivity contribution is 7.27. The Kier molecular flexibility index (Phi) is 7.36. The van der Waals surface area contributed by atoms with Crippen LogP contribution < -0.4 is 5.30 Å². The van der Waals surface area contributed by atoms with Crippen LogP contribution in [0.4, 0.5) is 4.39 Å². The van der Waals surface area contributed by atoms with Crippen molar-refractivity contribution < 1.29 is 23.6 Å². The summed E-state index contributed by atoms with van der Waals surface area (Å²) < 4.78 is 13.4. The summed E-state index contributed by atoms with van der Waals surface area (Å²) in [6, 6.07) is 1.91. The fourth-order valence-corrected chi connectivity index (χ4v) is 2.89. The van der Waals surface area contributed by atoms with Gasteiger partial charge in [0.1, 0.15) is 17.9 Å². The van der Waals surface area contributed by atoms with E-state index in [-0.39, 0.29) is 23.0 Å². The second-order valence-electron chi connectivity index (χ2n) is 5.41. The van der Waals surface area contributed by atoms with Crippen molar-refractivity contribution in [3.8, 4) is 0 Å². The number of imide groups is 1. The van der Waals surface area contributed by atoms with E-state index in [2.05, 4.69) is 9.24 Å². The van der Waals surface area contributed by atoms with Gasteiger partial charge in [-0.25, -0.2) is 4.39 Å². The van der Waals surface area contributed by atoms with Gasteiger partial charge in [-0.05, 0) is 37.7 Å². The van der Waals surface area contributed by atoms with E-state index in [9.17, 15) is 18.8 Å². The maximum absolute atomic E-state index is 13.4. The van der Waals surface area contributed by atoms with Crippen LogP contribution >= 0.6 is 9.24 Å². The Hall–Kier alpha value is -1.94. The summed E-state index contributed by atoms with van der Waals surface area (Å²) >= 11 is 0. The minimum atomic E-state index is -0.546. The first kappa shape index (κ1) is 20.1. The number of ketones is 1. The first-order valence-corrected chi connectivity index (χ1v) is 8.24. The molecular weight excluding hydrogens is 332 g/mol. The third-order valence-corrected chi connectivity index (χ3v) is 4.15. The lowest BCUT2D eigenvalue weighted by atomic mass is 10.1. The van der Waals surface area contributed by atoms with Gasteiger partial charge in [-0.1, -0.05) is 6.92 Å². The normalized spacial score (nSPS) is 14.0. The maximum atomic E-state index is 13.4. The zero-order valence-corrected chi connectivity index (χ0v) is 15.1. The molecule has 0 spiro atoms. The zero-order chi connectivity index (χ0) is 18.4. The van der Waals surface area contributed by atoms with Gasteiger partial charge >= 0.3 is 0 Å². The highest BCUT2D eigenvalue weighted by Crippen LogP contribution is 2.26. The minimum Gasteiger partial charge on any atom is -0.304 e. The topological polar surface area (TPSA) is 71.5 Å². The van der Waals surface area contributed by atoms with Crippen LogP contribution in [0.3, 0.4) is 0 Å². The van der Waals surface area contributed by atoms with E-state index in [0.717, 1.165) is 17.3 Å². The maximum Gasteiger partial charge on any atom is 0.262 e. The molecule has 0 fully saturated rings. The van der Waals surface area contributed by atoms with Gasteiger partial charge in [-0.3, -0.25) is 19.3 Å². The average Bonchev–Trinajstić information content (AvgIpc) is 2.76. The molecule has 0 bridgehead atoms. The number of benzene rings is 1. The number of hydrogen-bond acceptors (Lipinski definition) is 4. The van der Waals surface area contributed by atoms with E-state index in [4.69, 9.17) is 4.79 Å². The lowest BCUT2D eigenvalue weighted by molar-refractivity contribution is -0.119. The molecule has 2 atom stereocenters. The van der Waals surface area contributed by atoms with Crippen molar-refractivity contribution in [1.82, 2.24) is 4.90 Å². The predicted molar refractivity (Wildman–Crippen MR) is 92.0 cm³/mol. The van der Waals surface area contributed by atoms with Gasteiger partial charge in [0.15, 0.2) is 0 Å². The van der Waals surface area contributed by atoms with Gasteiger partial charge in [0.05, 0.1) is 11.1 Å². The lowest BCUT2D eigenvalue weighted by Gasteiger charge is -2.22. The number of amides is 2. The summed E-state index contributed by atoms with van der Waals surface area (Å²) in [5.74, 6) is -1.36. The quantitative estimate of drug-likeness (QED) is 0.463. The van der Waals surface area contributed by atoms with Crippen molar-refractivity contribution >= 4 is 38.4 Å². The van der Waals surface area contributed by atoms with E-state index in [1.165, 1.54) is 13.0 Å². The van der Waals surface area contributed by atoms with Crippen molar-refractivity contribution in [3.63, 3.8) is 0 Å². The molecule has 0 aromatic heterocycles. The molecule has 0 N–H and O–H groups in total. The molecule has 5 nitrogen and oxygen atoms in total. The molecule has 1 aliphatic rings. The molecule has 2 rings (SSSR count). The Bertz CT molecular complexity index is 675. The van der Waals surface area contributed by atoms with E-state index >= 15 is 0 Å². The number of aldehydes is 1. The number of carbonyl (C=O) groups excluding carboxylic acids is 4. The Labute approximate surface area is 142 Å². The summed E-state index contributed by atoms with van der Waals surface area (Å²) in [6.45, 7) is 4.95. The molecule has 0 saturated heterocycles. The van der Waals surface area contributed by atoms with Crippen molar-refractivity contribution in [2.45, 2.75) is 46.1 Å². The molecule has 2 unspecified atom stereocenters. The monoisotopic (exact) mass is 353 g/mol. The fourth-order valence-electron chi connectivity index (χ4n) is 2.45. The number of Topliss-reactive ketones (excluding diaryl/α,β-unsaturated/α-hetero) is 1. The number of hydrogen-bond donors (Lipinski definition) is 0. The molecule has 0 radical (unpaired) electrons. The van der Waals surface area contributed by atoms with Crippen LogP contribution in [0.25, 0.3) is 0 Å². The van der Waals surface area contributed by atoms with Gasteiger partial charge in [0, 0.05) is 18.9 Å². The Balaban J connectivity index is 0.000000891. The molecule has 2 amide bonds. The second-order valence-corrected chi connectivity index (χ2v) is 6.04. The molecular formula is C17H21FNO4P. The van der Waals surface area contributed by atoms with Gasteiger partial charge in [0.25, 0.3) is 11.8 Å².